The summed E-state index contributed by atoms with van der Waals surface area (Å²) in [5.41, 5.74) is 5.80. The molecule has 1 rings (SSSR count). The highest BCUT2D eigenvalue weighted by Gasteiger charge is 2.33. The number of hydrogen-bond donors (Lipinski definition) is 1. The molecule has 1 unspecified atom stereocenters. The van der Waals surface area contributed by atoms with Gasteiger partial charge in [-0.1, -0.05) is 0 Å². The third kappa shape index (κ3) is 3.47. The number of likely N-dealkylation sites (tertiary alicyclic amines) is 1. The number of esters is 1. The minimum atomic E-state index is -0.134. The molecule has 1 saturated heterocycles. The zero-order valence-corrected chi connectivity index (χ0v) is 9.79. The number of rotatable bonds is 3. The van der Waals surface area contributed by atoms with E-state index >= 15 is 0 Å². The van der Waals surface area contributed by atoms with Crippen molar-refractivity contribution in [3.63, 3.8) is 0 Å². The number of carbonyl (C=O) groups is 1. The molecule has 1 fully saturated rings. The monoisotopic (exact) mass is 214 g/mol. The molecule has 4 heteroatoms. The zero-order valence-electron chi connectivity index (χ0n) is 9.79. The SMILES string of the molecule is COC(=O)CC1(CN)CCCN(C)CC1. The summed E-state index contributed by atoms with van der Waals surface area (Å²) in [7, 11) is 3.56. The Morgan fingerprint density at radius 1 is 1.47 bits per heavy atom. The first-order valence-electron chi connectivity index (χ1n) is 5.57. The van der Waals surface area contributed by atoms with E-state index in [1.807, 2.05) is 0 Å². The Morgan fingerprint density at radius 2 is 2.20 bits per heavy atom. The van der Waals surface area contributed by atoms with Crippen molar-refractivity contribution in [2.24, 2.45) is 11.1 Å². The second kappa shape index (κ2) is 5.47. The number of methoxy groups -OCH3 is 1. The van der Waals surface area contributed by atoms with Gasteiger partial charge in [0.25, 0.3) is 0 Å². The lowest BCUT2D eigenvalue weighted by molar-refractivity contribution is -0.143. The first-order chi connectivity index (χ1) is 7.12. The zero-order chi connectivity index (χ0) is 11.3. The molecule has 0 aliphatic carbocycles. The highest BCUT2D eigenvalue weighted by molar-refractivity contribution is 5.70. The molecule has 0 amide bonds. The summed E-state index contributed by atoms with van der Waals surface area (Å²) >= 11 is 0. The normalized spacial score (nSPS) is 28.5. The van der Waals surface area contributed by atoms with E-state index < -0.39 is 0 Å². The summed E-state index contributed by atoms with van der Waals surface area (Å²) < 4.78 is 4.74. The summed E-state index contributed by atoms with van der Waals surface area (Å²) in [6.07, 6.45) is 3.61. The highest BCUT2D eigenvalue weighted by Crippen LogP contribution is 2.33. The molecule has 0 aromatic heterocycles. The molecule has 1 atom stereocenters. The van der Waals surface area contributed by atoms with E-state index in [2.05, 4.69) is 11.9 Å². The Balaban J connectivity index is 2.61. The maximum Gasteiger partial charge on any atom is 0.306 e. The van der Waals surface area contributed by atoms with Crippen molar-refractivity contribution in [3.05, 3.63) is 0 Å². The van der Waals surface area contributed by atoms with E-state index in [0.29, 0.717) is 13.0 Å². The Kier molecular flexibility index (Phi) is 4.54. The lowest BCUT2D eigenvalue weighted by Gasteiger charge is -2.29. The number of ether oxygens (including phenoxy) is 1. The molecule has 0 aromatic carbocycles. The molecule has 1 aliphatic heterocycles. The standard InChI is InChI=1S/C11H22N2O2/c1-13-6-3-4-11(9-12,5-7-13)8-10(14)15-2/h3-9,12H2,1-2H3. The average molecular weight is 214 g/mol. The fourth-order valence-corrected chi connectivity index (χ4v) is 2.22. The quantitative estimate of drug-likeness (QED) is 0.699. The van der Waals surface area contributed by atoms with Crippen LogP contribution in [0.25, 0.3) is 0 Å². The topological polar surface area (TPSA) is 55.6 Å². The third-order valence-corrected chi connectivity index (χ3v) is 3.45. The van der Waals surface area contributed by atoms with Crippen LogP contribution in [0.3, 0.4) is 0 Å². The second-order valence-corrected chi connectivity index (χ2v) is 4.61. The molecule has 88 valence electrons. The van der Waals surface area contributed by atoms with Gasteiger partial charge in [-0.25, -0.2) is 0 Å². The fourth-order valence-electron chi connectivity index (χ4n) is 2.22. The molecule has 0 aromatic rings. The van der Waals surface area contributed by atoms with Gasteiger partial charge in [0.05, 0.1) is 13.5 Å². The van der Waals surface area contributed by atoms with E-state index in [1.54, 1.807) is 0 Å². The predicted octanol–water partition coefficient (Wildman–Crippen LogP) is 0.610. The fraction of sp³-hybridized carbons (Fsp3) is 0.909. The molecule has 1 aliphatic rings. The van der Waals surface area contributed by atoms with Crippen LogP contribution in [0.15, 0.2) is 0 Å². The van der Waals surface area contributed by atoms with Crippen molar-refractivity contribution in [2.45, 2.75) is 25.7 Å². The Bertz CT molecular complexity index is 221. The van der Waals surface area contributed by atoms with Gasteiger partial charge in [-0.3, -0.25) is 4.79 Å². The number of hydrogen-bond acceptors (Lipinski definition) is 4. The lowest BCUT2D eigenvalue weighted by atomic mass is 9.78. The second-order valence-electron chi connectivity index (χ2n) is 4.61. The average Bonchev–Trinajstić information content (AvgIpc) is 2.42. The van der Waals surface area contributed by atoms with Gasteiger partial charge in [-0.15, -0.1) is 0 Å². The first kappa shape index (κ1) is 12.5. The lowest BCUT2D eigenvalue weighted by Crippen LogP contribution is -2.34. The van der Waals surface area contributed by atoms with Crippen LogP contribution in [0.4, 0.5) is 0 Å². The Hall–Kier alpha value is -0.610. The van der Waals surface area contributed by atoms with Crippen molar-refractivity contribution >= 4 is 5.97 Å². The van der Waals surface area contributed by atoms with Gasteiger partial charge < -0.3 is 15.4 Å². The summed E-state index contributed by atoms with van der Waals surface area (Å²) in [6, 6.07) is 0. The van der Waals surface area contributed by atoms with Crippen LogP contribution in [-0.4, -0.2) is 44.7 Å². The molecule has 15 heavy (non-hydrogen) atoms. The Labute approximate surface area is 91.8 Å². The van der Waals surface area contributed by atoms with Gasteiger partial charge in [0.1, 0.15) is 0 Å². The van der Waals surface area contributed by atoms with Crippen LogP contribution < -0.4 is 5.73 Å². The summed E-state index contributed by atoms with van der Waals surface area (Å²) in [6.45, 7) is 2.70. The van der Waals surface area contributed by atoms with Crippen LogP contribution in [0.1, 0.15) is 25.7 Å². The van der Waals surface area contributed by atoms with Crippen LogP contribution in [0.5, 0.6) is 0 Å². The van der Waals surface area contributed by atoms with Crippen molar-refractivity contribution in [2.75, 3.05) is 33.8 Å². The van der Waals surface area contributed by atoms with Gasteiger partial charge in [0, 0.05) is 0 Å². The number of nitrogens with zero attached hydrogens (tertiary/aromatic N) is 1. The first-order valence-corrected chi connectivity index (χ1v) is 5.57. The smallest absolute Gasteiger partial charge is 0.306 e. The summed E-state index contributed by atoms with van der Waals surface area (Å²) in [5, 5.41) is 0. The van der Waals surface area contributed by atoms with Crippen LogP contribution in [-0.2, 0) is 9.53 Å². The van der Waals surface area contributed by atoms with Gasteiger partial charge >= 0.3 is 5.97 Å². The van der Waals surface area contributed by atoms with Crippen molar-refractivity contribution < 1.29 is 9.53 Å². The third-order valence-electron chi connectivity index (χ3n) is 3.45. The molecular formula is C11H22N2O2. The van der Waals surface area contributed by atoms with E-state index in [1.165, 1.54) is 7.11 Å². The molecule has 0 saturated carbocycles. The number of nitrogens with two attached hydrogens (primary N) is 1. The highest BCUT2D eigenvalue weighted by atomic mass is 16.5. The summed E-state index contributed by atoms with van der Waals surface area (Å²) in [5.74, 6) is -0.134. The van der Waals surface area contributed by atoms with Gasteiger partial charge in [0.2, 0.25) is 0 Å². The van der Waals surface area contributed by atoms with E-state index in [9.17, 15) is 4.79 Å². The minimum Gasteiger partial charge on any atom is -0.469 e. The van der Waals surface area contributed by atoms with Crippen molar-refractivity contribution in [1.82, 2.24) is 4.90 Å². The molecule has 4 nitrogen and oxygen atoms in total. The van der Waals surface area contributed by atoms with Crippen LogP contribution >= 0.6 is 0 Å². The molecular weight excluding hydrogens is 192 g/mol. The largest absolute Gasteiger partial charge is 0.469 e. The van der Waals surface area contributed by atoms with E-state index in [4.69, 9.17) is 10.5 Å². The van der Waals surface area contributed by atoms with Gasteiger partial charge in [0.15, 0.2) is 0 Å². The number of carbonyl (C=O) groups excluding carboxylic acids is 1. The van der Waals surface area contributed by atoms with E-state index in [-0.39, 0.29) is 11.4 Å². The minimum absolute atomic E-state index is 0.0299. The van der Waals surface area contributed by atoms with Crippen molar-refractivity contribution in [1.29, 1.82) is 0 Å². The summed E-state index contributed by atoms with van der Waals surface area (Å²) in [4.78, 5) is 13.6. The Morgan fingerprint density at radius 3 is 2.80 bits per heavy atom. The molecule has 0 spiro atoms. The molecule has 1 heterocycles. The molecule has 2 N–H and O–H groups in total. The molecule has 0 bridgehead atoms. The van der Waals surface area contributed by atoms with Gasteiger partial charge in [-0.05, 0) is 51.4 Å². The maximum atomic E-state index is 11.3. The van der Waals surface area contributed by atoms with Crippen LogP contribution in [0.2, 0.25) is 0 Å². The molecule has 0 radical (unpaired) electrons. The predicted molar refractivity (Wildman–Crippen MR) is 59.5 cm³/mol. The van der Waals surface area contributed by atoms with Crippen LogP contribution in [0, 0.1) is 5.41 Å². The maximum absolute atomic E-state index is 11.3. The van der Waals surface area contributed by atoms with Crippen molar-refractivity contribution in [3.8, 4) is 0 Å². The van der Waals surface area contributed by atoms with E-state index in [0.717, 1.165) is 32.4 Å². The van der Waals surface area contributed by atoms with Gasteiger partial charge in [-0.2, -0.15) is 0 Å².